The van der Waals surface area contributed by atoms with Gasteiger partial charge in [-0.15, -0.1) is 0 Å². The number of nitrogens with one attached hydrogen (secondary N) is 1. The first-order chi connectivity index (χ1) is 7.54. The summed E-state index contributed by atoms with van der Waals surface area (Å²) in [6, 6.07) is 5.15. The molecule has 0 aliphatic heterocycles. The lowest BCUT2D eigenvalue weighted by molar-refractivity contribution is -0.140. The van der Waals surface area contributed by atoms with E-state index < -0.39 is 11.9 Å². The van der Waals surface area contributed by atoms with Crippen LogP contribution >= 0.6 is 11.6 Å². The minimum absolute atomic E-state index is 0.325. The molecule has 4 nitrogen and oxygen atoms in total. The van der Waals surface area contributed by atoms with Crippen molar-refractivity contribution in [2.75, 3.05) is 19.0 Å². The molecule has 1 aromatic carbocycles. The average Bonchev–Trinajstić information content (AvgIpc) is 2.25. The molecule has 1 aromatic rings. The molecule has 0 radical (unpaired) electrons. The number of anilines is 1. The summed E-state index contributed by atoms with van der Waals surface area (Å²) in [7, 11) is 1.55. The van der Waals surface area contributed by atoms with E-state index in [-0.39, 0.29) is 0 Å². The fourth-order valence-corrected chi connectivity index (χ4v) is 1.34. The molecular formula is C11H14ClNO3. The van der Waals surface area contributed by atoms with Crippen LogP contribution in [0.1, 0.15) is 6.92 Å². The topological polar surface area (TPSA) is 58.6 Å². The Balaban J connectivity index is 2.72. The van der Waals surface area contributed by atoms with E-state index >= 15 is 0 Å². The third-order valence-corrected chi connectivity index (χ3v) is 2.42. The molecule has 2 N–H and O–H groups in total. The van der Waals surface area contributed by atoms with Crippen LogP contribution in [0.4, 0.5) is 5.69 Å². The minimum atomic E-state index is -0.839. The summed E-state index contributed by atoms with van der Waals surface area (Å²) in [5.74, 6) is -0.667. The normalized spacial score (nSPS) is 11.9. The zero-order valence-corrected chi connectivity index (χ0v) is 9.91. The summed E-state index contributed by atoms with van der Waals surface area (Å²) in [4.78, 5) is 10.6. The van der Waals surface area contributed by atoms with E-state index in [4.69, 9.17) is 21.4 Å². The molecule has 0 aliphatic carbocycles. The molecule has 0 fully saturated rings. The predicted octanol–water partition coefficient (Wildman–Crippen LogP) is 2.48. The van der Waals surface area contributed by atoms with Crippen LogP contribution in [0, 0.1) is 5.92 Å². The van der Waals surface area contributed by atoms with Gasteiger partial charge in [0, 0.05) is 11.6 Å². The molecule has 0 saturated carbocycles. The molecule has 88 valence electrons. The third kappa shape index (κ3) is 3.31. The van der Waals surface area contributed by atoms with Crippen molar-refractivity contribution >= 4 is 23.3 Å². The number of hydrogen-bond acceptors (Lipinski definition) is 3. The first kappa shape index (κ1) is 12.6. The first-order valence-corrected chi connectivity index (χ1v) is 5.22. The molecule has 1 unspecified atom stereocenters. The highest BCUT2D eigenvalue weighted by Gasteiger charge is 2.11. The highest BCUT2D eigenvalue weighted by atomic mass is 35.5. The van der Waals surface area contributed by atoms with Crippen molar-refractivity contribution in [3.05, 3.63) is 23.2 Å². The van der Waals surface area contributed by atoms with E-state index in [2.05, 4.69) is 5.32 Å². The van der Waals surface area contributed by atoms with E-state index in [0.717, 1.165) is 0 Å². The molecule has 0 heterocycles. The van der Waals surface area contributed by atoms with E-state index in [9.17, 15) is 4.79 Å². The Labute approximate surface area is 99.2 Å². The monoisotopic (exact) mass is 243 g/mol. The number of ether oxygens (including phenoxy) is 1. The zero-order chi connectivity index (χ0) is 12.1. The van der Waals surface area contributed by atoms with Gasteiger partial charge < -0.3 is 15.2 Å². The zero-order valence-electron chi connectivity index (χ0n) is 9.16. The highest BCUT2D eigenvalue weighted by Crippen LogP contribution is 2.27. The number of hydrogen-bond donors (Lipinski definition) is 2. The van der Waals surface area contributed by atoms with Crippen molar-refractivity contribution in [2.24, 2.45) is 5.92 Å². The highest BCUT2D eigenvalue weighted by molar-refractivity contribution is 6.30. The molecule has 16 heavy (non-hydrogen) atoms. The van der Waals surface area contributed by atoms with Crippen LogP contribution in [0.2, 0.25) is 5.02 Å². The van der Waals surface area contributed by atoms with Crippen LogP contribution in [0.3, 0.4) is 0 Å². The molecule has 0 bridgehead atoms. The molecule has 1 atom stereocenters. The Morgan fingerprint density at radius 2 is 2.31 bits per heavy atom. The Kier molecular flexibility index (Phi) is 4.43. The molecule has 0 amide bonds. The fourth-order valence-electron chi connectivity index (χ4n) is 1.17. The van der Waals surface area contributed by atoms with Crippen LogP contribution in [0.5, 0.6) is 5.75 Å². The van der Waals surface area contributed by atoms with Gasteiger partial charge in [-0.25, -0.2) is 0 Å². The third-order valence-electron chi connectivity index (χ3n) is 2.18. The van der Waals surface area contributed by atoms with Crippen LogP contribution in [-0.2, 0) is 4.79 Å². The van der Waals surface area contributed by atoms with E-state index in [1.165, 1.54) is 0 Å². The number of carbonyl (C=O) groups is 1. The first-order valence-electron chi connectivity index (χ1n) is 4.84. The van der Waals surface area contributed by atoms with E-state index in [0.29, 0.717) is 23.0 Å². The van der Waals surface area contributed by atoms with Crippen LogP contribution in [0.15, 0.2) is 18.2 Å². The van der Waals surface area contributed by atoms with E-state index in [1.54, 1.807) is 32.2 Å². The lowest BCUT2D eigenvalue weighted by Crippen LogP contribution is -2.19. The van der Waals surface area contributed by atoms with Gasteiger partial charge in [0.15, 0.2) is 0 Å². The Bertz CT molecular complexity index is 381. The molecule has 0 saturated heterocycles. The quantitative estimate of drug-likeness (QED) is 0.834. The lowest BCUT2D eigenvalue weighted by Gasteiger charge is -2.13. The van der Waals surface area contributed by atoms with Crippen molar-refractivity contribution in [2.45, 2.75) is 6.92 Å². The SMILES string of the molecule is COc1ccc(Cl)cc1NCC(C)C(=O)O. The van der Waals surface area contributed by atoms with Gasteiger partial charge in [-0.3, -0.25) is 4.79 Å². The second kappa shape index (κ2) is 5.61. The van der Waals surface area contributed by atoms with Gasteiger partial charge in [-0.2, -0.15) is 0 Å². The number of methoxy groups -OCH3 is 1. The maximum atomic E-state index is 10.6. The number of aliphatic carboxylic acids is 1. The van der Waals surface area contributed by atoms with Crippen molar-refractivity contribution in [1.82, 2.24) is 0 Å². The average molecular weight is 244 g/mol. The molecule has 5 heteroatoms. The Morgan fingerprint density at radius 3 is 2.88 bits per heavy atom. The van der Waals surface area contributed by atoms with Gasteiger partial charge in [0.1, 0.15) is 5.75 Å². The Morgan fingerprint density at radius 1 is 1.62 bits per heavy atom. The smallest absolute Gasteiger partial charge is 0.308 e. The number of benzene rings is 1. The summed E-state index contributed by atoms with van der Waals surface area (Å²) in [5, 5.41) is 12.3. The number of halogens is 1. The van der Waals surface area contributed by atoms with Crippen LogP contribution in [0.25, 0.3) is 0 Å². The van der Waals surface area contributed by atoms with Crippen molar-refractivity contribution < 1.29 is 14.6 Å². The molecule has 0 spiro atoms. The fraction of sp³-hybridized carbons (Fsp3) is 0.364. The van der Waals surface area contributed by atoms with Gasteiger partial charge in [-0.1, -0.05) is 18.5 Å². The molecule has 0 aliphatic rings. The summed E-state index contributed by atoms with van der Waals surface area (Å²) in [5.41, 5.74) is 0.697. The van der Waals surface area contributed by atoms with Gasteiger partial charge in [0.25, 0.3) is 0 Å². The minimum Gasteiger partial charge on any atom is -0.495 e. The van der Waals surface area contributed by atoms with Crippen LogP contribution in [-0.4, -0.2) is 24.7 Å². The second-order valence-corrected chi connectivity index (χ2v) is 3.90. The van der Waals surface area contributed by atoms with E-state index in [1.807, 2.05) is 0 Å². The number of carboxylic acid groups (broad SMARTS) is 1. The summed E-state index contributed by atoms with van der Waals surface area (Å²) < 4.78 is 5.12. The second-order valence-electron chi connectivity index (χ2n) is 3.46. The summed E-state index contributed by atoms with van der Waals surface area (Å²) in [6.45, 7) is 1.96. The molecule has 1 rings (SSSR count). The van der Waals surface area contributed by atoms with Gasteiger partial charge in [0.05, 0.1) is 18.7 Å². The predicted molar refractivity (Wildman–Crippen MR) is 63.3 cm³/mol. The van der Waals surface area contributed by atoms with Crippen LogP contribution < -0.4 is 10.1 Å². The standard InChI is InChI=1S/C11H14ClNO3/c1-7(11(14)15)6-13-9-5-8(12)3-4-10(9)16-2/h3-5,7,13H,6H2,1-2H3,(H,14,15). The largest absolute Gasteiger partial charge is 0.495 e. The summed E-state index contributed by atoms with van der Waals surface area (Å²) in [6.07, 6.45) is 0. The van der Waals surface area contributed by atoms with Gasteiger partial charge >= 0.3 is 5.97 Å². The molecule has 0 aromatic heterocycles. The van der Waals surface area contributed by atoms with Crippen molar-refractivity contribution in [1.29, 1.82) is 0 Å². The number of carboxylic acids is 1. The maximum Gasteiger partial charge on any atom is 0.308 e. The maximum absolute atomic E-state index is 10.6. The number of rotatable bonds is 5. The molecular weight excluding hydrogens is 230 g/mol. The lowest BCUT2D eigenvalue weighted by atomic mass is 10.2. The van der Waals surface area contributed by atoms with Crippen molar-refractivity contribution in [3.63, 3.8) is 0 Å². The van der Waals surface area contributed by atoms with Gasteiger partial charge in [0.2, 0.25) is 0 Å². The Hall–Kier alpha value is -1.42. The van der Waals surface area contributed by atoms with Crippen molar-refractivity contribution in [3.8, 4) is 5.75 Å². The van der Waals surface area contributed by atoms with Gasteiger partial charge in [-0.05, 0) is 18.2 Å². The summed E-state index contributed by atoms with van der Waals surface area (Å²) >= 11 is 5.84.